The summed E-state index contributed by atoms with van der Waals surface area (Å²) >= 11 is 0. The first-order valence-corrected chi connectivity index (χ1v) is 6.57. The summed E-state index contributed by atoms with van der Waals surface area (Å²) in [6, 6.07) is 10.1. The fourth-order valence-electron chi connectivity index (χ4n) is 1.69. The van der Waals surface area contributed by atoms with Gasteiger partial charge in [-0.25, -0.2) is 4.39 Å². The van der Waals surface area contributed by atoms with Gasteiger partial charge in [0.1, 0.15) is 11.6 Å². The summed E-state index contributed by atoms with van der Waals surface area (Å²) in [5.74, 6) is 0.775. The van der Waals surface area contributed by atoms with Crippen LogP contribution in [0.3, 0.4) is 0 Å². The fourth-order valence-corrected chi connectivity index (χ4v) is 1.69. The molecule has 0 saturated heterocycles. The minimum atomic E-state index is -0.238. The van der Waals surface area contributed by atoms with Crippen LogP contribution in [0.15, 0.2) is 36.4 Å². The van der Waals surface area contributed by atoms with Crippen molar-refractivity contribution in [2.24, 2.45) is 0 Å². The highest BCUT2D eigenvalue weighted by atomic mass is 19.1. The zero-order valence-corrected chi connectivity index (χ0v) is 11.4. The van der Waals surface area contributed by atoms with Gasteiger partial charge in [-0.1, -0.05) is 25.1 Å². The van der Waals surface area contributed by atoms with Crippen molar-refractivity contribution in [1.82, 2.24) is 4.98 Å². The van der Waals surface area contributed by atoms with Gasteiger partial charge >= 0.3 is 0 Å². The van der Waals surface area contributed by atoms with Crippen LogP contribution in [0, 0.1) is 5.82 Å². The Labute approximate surface area is 117 Å². The van der Waals surface area contributed by atoms with Crippen molar-refractivity contribution in [2.75, 3.05) is 17.7 Å². The number of halogens is 1. The molecule has 0 aliphatic rings. The summed E-state index contributed by atoms with van der Waals surface area (Å²) < 4.78 is 18.9. The normalized spacial score (nSPS) is 10.3. The Morgan fingerprint density at radius 3 is 2.80 bits per heavy atom. The highest BCUT2D eigenvalue weighted by Gasteiger charge is 2.05. The van der Waals surface area contributed by atoms with E-state index in [1.807, 2.05) is 6.92 Å². The van der Waals surface area contributed by atoms with Crippen LogP contribution in [0.4, 0.5) is 15.9 Å². The molecule has 1 aromatic carbocycles. The van der Waals surface area contributed by atoms with Crippen molar-refractivity contribution in [2.45, 2.75) is 19.9 Å². The third-order valence-corrected chi connectivity index (χ3v) is 2.75. The van der Waals surface area contributed by atoms with Crippen molar-refractivity contribution in [1.29, 1.82) is 0 Å². The zero-order valence-electron chi connectivity index (χ0n) is 11.4. The Kier molecular flexibility index (Phi) is 4.76. The largest absolute Gasteiger partial charge is 0.476 e. The van der Waals surface area contributed by atoms with Gasteiger partial charge in [0.2, 0.25) is 5.88 Å². The second-order valence-electron chi connectivity index (χ2n) is 4.38. The van der Waals surface area contributed by atoms with E-state index >= 15 is 0 Å². The third kappa shape index (κ3) is 3.60. The van der Waals surface area contributed by atoms with E-state index in [-0.39, 0.29) is 5.82 Å². The molecule has 0 atom stereocenters. The van der Waals surface area contributed by atoms with E-state index in [0.29, 0.717) is 36.1 Å². The number of anilines is 2. The number of nitrogens with one attached hydrogen (secondary N) is 1. The Balaban J connectivity index is 2.04. The Morgan fingerprint density at radius 2 is 2.05 bits per heavy atom. The van der Waals surface area contributed by atoms with Crippen LogP contribution < -0.4 is 15.8 Å². The number of hydrogen-bond acceptors (Lipinski definition) is 4. The van der Waals surface area contributed by atoms with E-state index in [1.165, 1.54) is 6.07 Å². The number of rotatable bonds is 6. The van der Waals surface area contributed by atoms with Crippen molar-refractivity contribution < 1.29 is 9.13 Å². The van der Waals surface area contributed by atoms with Crippen LogP contribution >= 0.6 is 0 Å². The number of hydrogen-bond donors (Lipinski definition) is 2. The first kappa shape index (κ1) is 14.1. The molecule has 0 saturated carbocycles. The molecule has 2 rings (SSSR count). The van der Waals surface area contributed by atoms with E-state index in [2.05, 4.69) is 10.3 Å². The molecule has 5 heteroatoms. The number of nitrogen functional groups attached to an aromatic ring is 1. The molecule has 1 aromatic heterocycles. The maximum atomic E-state index is 13.5. The summed E-state index contributed by atoms with van der Waals surface area (Å²) in [6.07, 6.45) is 0.883. The van der Waals surface area contributed by atoms with Gasteiger partial charge in [-0.05, 0) is 24.6 Å². The first-order chi connectivity index (χ1) is 9.70. The SMILES string of the molecule is CCCOc1nc(NCc2ccccc2F)ccc1N. The molecule has 0 bridgehead atoms. The molecule has 106 valence electrons. The predicted octanol–water partition coefficient (Wildman–Crippen LogP) is 3.20. The van der Waals surface area contributed by atoms with Gasteiger partial charge in [-0.15, -0.1) is 0 Å². The molecular formula is C15H18FN3O. The van der Waals surface area contributed by atoms with Crippen LogP contribution in [-0.2, 0) is 6.54 Å². The molecule has 0 radical (unpaired) electrons. The molecule has 0 amide bonds. The summed E-state index contributed by atoms with van der Waals surface area (Å²) in [5.41, 5.74) is 6.87. The lowest BCUT2D eigenvalue weighted by Gasteiger charge is -2.10. The van der Waals surface area contributed by atoms with Gasteiger partial charge in [0, 0.05) is 12.1 Å². The lowest BCUT2D eigenvalue weighted by atomic mass is 10.2. The standard InChI is InChI=1S/C15H18FN3O/c1-2-9-20-15-13(17)7-8-14(19-15)18-10-11-5-3-4-6-12(11)16/h3-8H,2,9-10,17H2,1H3,(H,18,19). The fraction of sp³-hybridized carbons (Fsp3) is 0.267. The van der Waals surface area contributed by atoms with Crippen LogP contribution in [-0.4, -0.2) is 11.6 Å². The molecular weight excluding hydrogens is 257 g/mol. The molecule has 0 fully saturated rings. The maximum absolute atomic E-state index is 13.5. The second kappa shape index (κ2) is 6.75. The van der Waals surface area contributed by atoms with Crippen LogP contribution in [0.1, 0.15) is 18.9 Å². The molecule has 0 aliphatic carbocycles. The van der Waals surface area contributed by atoms with Gasteiger partial charge < -0.3 is 15.8 Å². The topological polar surface area (TPSA) is 60.2 Å². The maximum Gasteiger partial charge on any atom is 0.239 e. The number of benzene rings is 1. The Morgan fingerprint density at radius 1 is 1.25 bits per heavy atom. The molecule has 0 spiro atoms. The van der Waals surface area contributed by atoms with Crippen molar-refractivity contribution >= 4 is 11.5 Å². The molecule has 20 heavy (non-hydrogen) atoms. The second-order valence-corrected chi connectivity index (χ2v) is 4.38. The smallest absolute Gasteiger partial charge is 0.239 e. The number of nitrogens with two attached hydrogens (primary N) is 1. The van der Waals surface area contributed by atoms with Crippen LogP contribution in [0.5, 0.6) is 5.88 Å². The van der Waals surface area contributed by atoms with E-state index in [9.17, 15) is 4.39 Å². The number of ether oxygens (including phenoxy) is 1. The quantitative estimate of drug-likeness (QED) is 0.850. The average molecular weight is 275 g/mol. The predicted molar refractivity (Wildman–Crippen MR) is 78.2 cm³/mol. The van der Waals surface area contributed by atoms with Gasteiger partial charge in [-0.2, -0.15) is 4.98 Å². The molecule has 0 unspecified atom stereocenters. The van der Waals surface area contributed by atoms with Gasteiger partial charge in [0.15, 0.2) is 0 Å². The molecule has 1 heterocycles. The highest BCUT2D eigenvalue weighted by Crippen LogP contribution is 2.21. The summed E-state index contributed by atoms with van der Waals surface area (Å²) in [4.78, 5) is 4.27. The lowest BCUT2D eigenvalue weighted by molar-refractivity contribution is 0.307. The minimum absolute atomic E-state index is 0.238. The Bertz CT molecular complexity index is 575. The molecule has 3 N–H and O–H groups in total. The van der Waals surface area contributed by atoms with Crippen molar-refractivity contribution in [3.8, 4) is 5.88 Å². The van der Waals surface area contributed by atoms with E-state index in [4.69, 9.17) is 10.5 Å². The summed E-state index contributed by atoms with van der Waals surface area (Å²) in [7, 11) is 0. The average Bonchev–Trinajstić information content (AvgIpc) is 2.46. The molecule has 2 aromatic rings. The zero-order chi connectivity index (χ0) is 14.4. The van der Waals surface area contributed by atoms with Gasteiger partial charge in [0.25, 0.3) is 0 Å². The number of pyridine rings is 1. The minimum Gasteiger partial charge on any atom is -0.476 e. The van der Waals surface area contributed by atoms with E-state index < -0.39 is 0 Å². The monoisotopic (exact) mass is 275 g/mol. The van der Waals surface area contributed by atoms with Gasteiger partial charge in [-0.3, -0.25) is 0 Å². The van der Waals surface area contributed by atoms with E-state index in [0.717, 1.165) is 6.42 Å². The van der Waals surface area contributed by atoms with Gasteiger partial charge in [0.05, 0.1) is 12.3 Å². The Hall–Kier alpha value is -2.30. The summed E-state index contributed by atoms with van der Waals surface area (Å²) in [6.45, 7) is 2.93. The summed E-state index contributed by atoms with van der Waals surface area (Å²) in [5, 5.41) is 3.06. The van der Waals surface area contributed by atoms with Crippen LogP contribution in [0.25, 0.3) is 0 Å². The molecule has 0 aliphatic heterocycles. The lowest BCUT2D eigenvalue weighted by Crippen LogP contribution is -2.06. The number of nitrogens with zero attached hydrogens (tertiary/aromatic N) is 1. The first-order valence-electron chi connectivity index (χ1n) is 6.57. The van der Waals surface area contributed by atoms with Crippen molar-refractivity contribution in [3.05, 3.63) is 47.8 Å². The molecule has 4 nitrogen and oxygen atoms in total. The number of aromatic nitrogens is 1. The van der Waals surface area contributed by atoms with Crippen LogP contribution in [0.2, 0.25) is 0 Å². The third-order valence-electron chi connectivity index (χ3n) is 2.75. The van der Waals surface area contributed by atoms with Crippen molar-refractivity contribution in [3.63, 3.8) is 0 Å². The van der Waals surface area contributed by atoms with E-state index in [1.54, 1.807) is 30.3 Å². The highest BCUT2D eigenvalue weighted by molar-refractivity contribution is 5.53.